The maximum absolute atomic E-state index is 5.58. The molecule has 80 valence electrons. The summed E-state index contributed by atoms with van der Waals surface area (Å²) >= 11 is 0. The van der Waals surface area contributed by atoms with E-state index in [0.29, 0.717) is 12.3 Å². The van der Waals surface area contributed by atoms with Gasteiger partial charge in [0.15, 0.2) is 0 Å². The number of ether oxygens (including phenoxy) is 1. The minimum absolute atomic E-state index is 0.122. The molecule has 4 nitrogen and oxygen atoms in total. The lowest BCUT2D eigenvalue weighted by atomic mass is 10.0. The lowest BCUT2D eigenvalue weighted by Gasteiger charge is -2.06. The van der Waals surface area contributed by atoms with E-state index in [-0.39, 0.29) is 5.92 Å². The summed E-state index contributed by atoms with van der Waals surface area (Å²) in [5.41, 5.74) is 7.29. The zero-order valence-corrected chi connectivity index (χ0v) is 8.63. The van der Waals surface area contributed by atoms with Gasteiger partial charge >= 0.3 is 0 Å². The Morgan fingerprint density at radius 2 is 1.94 bits per heavy atom. The molecule has 4 heteroatoms. The lowest BCUT2D eigenvalue weighted by molar-refractivity contribution is 0.339. The Morgan fingerprint density at radius 3 is 2.75 bits per heavy atom. The maximum atomic E-state index is 5.58. The number of fused-ring (bicyclic) bond motifs is 1. The summed E-state index contributed by atoms with van der Waals surface area (Å²) in [6, 6.07) is 7.97. The van der Waals surface area contributed by atoms with E-state index in [4.69, 9.17) is 10.5 Å². The summed E-state index contributed by atoms with van der Waals surface area (Å²) in [6.45, 7) is 0.600. The molecule has 0 saturated heterocycles. The van der Waals surface area contributed by atoms with Gasteiger partial charge in [0.2, 0.25) is 0 Å². The minimum Gasteiger partial charge on any atom is -0.492 e. The van der Waals surface area contributed by atoms with Crippen molar-refractivity contribution in [3.8, 4) is 5.75 Å². The van der Waals surface area contributed by atoms with Crippen molar-refractivity contribution in [3.05, 3.63) is 48.0 Å². The van der Waals surface area contributed by atoms with Gasteiger partial charge in [-0.1, -0.05) is 18.2 Å². The van der Waals surface area contributed by atoms with E-state index in [1.54, 1.807) is 12.4 Å². The second-order valence-electron chi connectivity index (χ2n) is 3.78. The molecule has 16 heavy (non-hydrogen) atoms. The van der Waals surface area contributed by atoms with Crippen molar-refractivity contribution in [2.45, 2.75) is 5.92 Å². The molecule has 0 spiro atoms. The Labute approximate surface area is 93.1 Å². The number of benzene rings is 1. The standard InChI is InChI=1S/C12H11N3O/c13-8-5-14-12(15-6-8)10-7-16-11-4-2-1-3-9(10)11/h1-6,10H,7,13H2. The predicted molar refractivity (Wildman–Crippen MR) is 60.2 cm³/mol. The van der Waals surface area contributed by atoms with Crippen LogP contribution in [-0.2, 0) is 0 Å². The number of anilines is 1. The summed E-state index contributed by atoms with van der Waals surface area (Å²) in [5, 5.41) is 0. The van der Waals surface area contributed by atoms with Crippen LogP contribution in [0.1, 0.15) is 17.3 Å². The number of para-hydroxylation sites is 1. The topological polar surface area (TPSA) is 61.0 Å². The first-order valence-electron chi connectivity index (χ1n) is 5.14. The highest BCUT2D eigenvalue weighted by atomic mass is 16.5. The van der Waals surface area contributed by atoms with Crippen LogP contribution < -0.4 is 10.5 Å². The highest BCUT2D eigenvalue weighted by Crippen LogP contribution is 2.36. The van der Waals surface area contributed by atoms with Gasteiger partial charge in [-0.15, -0.1) is 0 Å². The van der Waals surface area contributed by atoms with E-state index in [2.05, 4.69) is 9.97 Å². The molecule has 3 rings (SSSR count). The molecule has 1 unspecified atom stereocenters. The van der Waals surface area contributed by atoms with Crippen molar-refractivity contribution in [1.82, 2.24) is 9.97 Å². The van der Waals surface area contributed by atoms with Gasteiger partial charge in [-0.05, 0) is 6.07 Å². The van der Waals surface area contributed by atoms with Crippen molar-refractivity contribution in [3.63, 3.8) is 0 Å². The van der Waals surface area contributed by atoms with Gasteiger partial charge in [-0.25, -0.2) is 9.97 Å². The summed E-state index contributed by atoms with van der Waals surface area (Å²) in [7, 11) is 0. The third kappa shape index (κ3) is 1.39. The maximum Gasteiger partial charge on any atom is 0.139 e. The number of hydrogen-bond donors (Lipinski definition) is 1. The molecule has 0 fully saturated rings. The molecule has 2 heterocycles. The lowest BCUT2D eigenvalue weighted by Crippen LogP contribution is -2.07. The van der Waals surface area contributed by atoms with Gasteiger partial charge in [0.25, 0.3) is 0 Å². The summed E-state index contributed by atoms with van der Waals surface area (Å²) in [6.07, 6.45) is 3.26. The fourth-order valence-corrected chi connectivity index (χ4v) is 1.90. The van der Waals surface area contributed by atoms with Crippen molar-refractivity contribution in [2.75, 3.05) is 12.3 Å². The van der Waals surface area contributed by atoms with E-state index in [1.165, 1.54) is 0 Å². The number of nitrogens with two attached hydrogens (primary N) is 1. The van der Waals surface area contributed by atoms with Crippen LogP contribution in [-0.4, -0.2) is 16.6 Å². The zero-order chi connectivity index (χ0) is 11.0. The highest BCUT2D eigenvalue weighted by Gasteiger charge is 2.27. The number of nitrogen functional groups attached to an aromatic ring is 1. The highest BCUT2D eigenvalue weighted by molar-refractivity contribution is 5.43. The van der Waals surface area contributed by atoms with Gasteiger partial charge in [0, 0.05) is 5.56 Å². The van der Waals surface area contributed by atoms with Crippen LogP contribution >= 0.6 is 0 Å². The molecule has 1 aliphatic rings. The summed E-state index contributed by atoms with van der Waals surface area (Å²) in [5.74, 6) is 1.81. The fraction of sp³-hybridized carbons (Fsp3) is 0.167. The van der Waals surface area contributed by atoms with Gasteiger partial charge in [-0.2, -0.15) is 0 Å². The molecule has 2 N–H and O–H groups in total. The monoisotopic (exact) mass is 213 g/mol. The van der Waals surface area contributed by atoms with Crippen LogP contribution in [0.25, 0.3) is 0 Å². The van der Waals surface area contributed by atoms with E-state index >= 15 is 0 Å². The summed E-state index contributed by atoms with van der Waals surface area (Å²) < 4.78 is 5.58. The van der Waals surface area contributed by atoms with E-state index in [9.17, 15) is 0 Å². The molecular weight excluding hydrogens is 202 g/mol. The van der Waals surface area contributed by atoms with Gasteiger partial charge in [-0.3, -0.25) is 0 Å². The van der Waals surface area contributed by atoms with Gasteiger partial charge < -0.3 is 10.5 Å². The Kier molecular flexibility index (Phi) is 1.99. The predicted octanol–water partition coefficient (Wildman–Crippen LogP) is 1.58. The number of rotatable bonds is 1. The van der Waals surface area contributed by atoms with E-state index in [1.807, 2.05) is 24.3 Å². The third-order valence-corrected chi connectivity index (χ3v) is 2.70. The van der Waals surface area contributed by atoms with Crippen LogP contribution in [0.5, 0.6) is 5.75 Å². The number of nitrogens with zero attached hydrogens (tertiary/aromatic N) is 2. The van der Waals surface area contributed by atoms with Gasteiger partial charge in [0.1, 0.15) is 18.2 Å². The second-order valence-corrected chi connectivity index (χ2v) is 3.78. The summed E-state index contributed by atoms with van der Waals surface area (Å²) in [4.78, 5) is 8.49. The van der Waals surface area contributed by atoms with Crippen molar-refractivity contribution in [2.24, 2.45) is 0 Å². The molecule has 2 aromatic rings. The zero-order valence-electron chi connectivity index (χ0n) is 8.63. The molecule has 0 bridgehead atoms. The van der Waals surface area contributed by atoms with E-state index in [0.717, 1.165) is 17.1 Å². The Balaban J connectivity index is 2.01. The minimum atomic E-state index is 0.122. The third-order valence-electron chi connectivity index (χ3n) is 2.70. The van der Waals surface area contributed by atoms with Crippen molar-refractivity contribution in [1.29, 1.82) is 0 Å². The molecule has 1 aromatic heterocycles. The quantitative estimate of drug-likeness (QED) is 0.781. The number of hydrogen-bond acceptors (Lipinski definition) is 4. The largest absolute Gasteiger partial charge is 0.492 e. The molecule has 1 atom stereocenters. The first-order chi connectivity index (χ1) is 7.84. The SMILES string of the molecule is Nc1cnc(C2COc3ccccc32)nc1. The first-order valence-corrected chi connectivity index (χ1v) is 5.14. The Hall–Kier alpha value is -2.10. The van der Waals surface area contributed by atoms with Crippen molar-refractivity contribution < 1.29 is 4.74 Å². The fourth-order valence-electron chi connectivity index (χ4n) is 1.90. The van der Waals surface area contributed by atoms with Gasteiger partial charge in [0.05, 0.1) is 24.0 Å². The van der Waals surface area contributed by atoms with Crippen LogP contribution in [0.2, 0.25) is 0 Å². The Morgan fingerprint density at radius 1 is 1.19 bits per heavy atom. The second kappa shape index (κ2) is 3.48. The molecule has 0 aliphatic carbocycles. The molecule has 0 amide bonds. The van der Waals surface area contributed by atoms with E-state index < -0.39 is 0 Å². The van der Waals surface area contributed by atoms with Crippen LogP contribution in [0.15, 0.2) is 36.7 Å². The Bertz CT molecular complexity index is 510. The molecule has 1 aromatic carbocycles. The average molecular weight is 213 g/mol. The molecule has 1 aliphatic heterocycles. The van der Waals surface area contributed by atoms with Crippen LogP contribution in [0.4, 0.5) is 5.69 Å². The molecule has 0 radical (unpaired) electrons. The normalized spacial score (nSPS) is 17.9. The first kappa shape index (κ1) is 9.15. The van der Waals surface area contributed by atoms with Crippen LogP contribution in [0.3, 0.4) is 0 Å². The molecular formula is C12H11N3O. The smallest absolute Gasteiger partial charge is 0.139 e. The van der Waals surface area contributed by atoms with Crippen LogP contribution in [0, 0.1) is 0 Å². The number of aromatic nitrogens is 2. The molecule has 0 saturated carbocycles. The average Bonchev–Trinajstić information content (AvgIpc) is 2.74. The van der Waals surface area contributed by atoms with Crippen molar-refractivity contribution >= 4 is 5.69 Å².